The zero-order chi connectivity index (χ0) is 15.0. The minimum Gasteiger partial charge on any atom is -0.388 e. The van der Waals surface area contributed by atoms with Crippen molar-refractivity contribution >= 4 is 17.9 Å². The quantitative estimate of drug-likeness (QED) is 0.163. The molecule has 0 amide bonds. The molecular weight excluding hydrogens is 326 g/mol. The molecule has 6 N–H and O–H groups in total. The normalized spacial score (nSPS) is 10.9. The van der Waals surface area contributed by atoms with Crippen molar-refractivity contribution in [1.82, 2.24) is 0 Å². The Hall–Kier alpha value is -1.79. The SMILES string of the molecule is NC(N)=NCCC[C@H](N)C(=O)OC(=O)c1ccccc1.[Zn]. The molecule has 1 rings (SSSR count). The third-order valence-electron chi connectivity index (χ3n) is 2.47. The molecular formula is C13H18N4O3Zn. The monoisotopic (exact) mass is 342 g/mol. The predicted octanol–water partition coefficient (Wildman–Crippen LogP) is -0.252. The van der Waals surface area contributed by atoms with Gasteiger partial charge in [-0.3, -0.25) is 4.99 Å². The summed E-state index contributed by atoms with van der Waals surface area (Å²) in [5.74, 6) is -1.49. The van der Waals surface area contributed by atoms with Crippen molar-refractivity contribution in [1.29, 1.82) is 0 Å². The van der Waals surface area contributed by atoms with E-state index in [9.17, 15) is 9.59 Å². The second-order valence-corrected chi connectivity index (χ2v) is 4.13. The molecule has 110 valence electrons. The molecule has 0 heterocycles. The van der Waals surface area contributed by atoms with Crippen LogP contribution < -0.4 is 17.2 Å². The van der Waals surface area contributed by atoms with E-state index in [4.69, 9.17) is 17.2 Å². The minimum atomic E-state index is -0.878. The van der Waals surface area contributed by atoms with Gasteiger partial charge < -0.3 is 21.9 Å². The van der Waals surface area contributed by atoms with Crippen molar-refractivity contribution in [3.8, 4) is 0 Å². The standard InChI is InChI=1S/C13H18N4O3.Zn/c14-10(7-4-8-17-13(15)16)12(19)20-11(18)9-5-2-1-3-6-9;/h1-3,5-6,10H,4,7-8,14H2,(H4,15,16,17);/t10-;/m0./s1. The van der Waals surface area contributed by atoms with E-state index < -0.39 is 18.0 Å². The molecule has 0 unspecified atom stereocenters. The van der Waals surface area contributed by atoms with Gasteiger partial charge in [0.25, 0.3) is 0 Å². The van der Waals surface area contributed by atoms with E-state index in [1.54, 1.807) is 30.3 Å². The average Bonchev–Trinajstić information content (AvgIpc) is 2.44. The summed E-state index contributed by atoms with van der Waals surface area (Å²) >= 11 is 0. The fourth-order valence-electron chi connectivity index (χ4n) is 1.44. The van der Waals surface area contributed by atoms with Gasteiger partial charge in [0.05, 0.1) is 5.56 Å². The van der Waals surface area contributed by atoms with Crippen LogP contribution in [-0.4, -0.2) is 30.5 Å². The second-order valence-electron chi connectivity index (χ2n) is 4.13. The molecule has 21 heavy (non-hydrogen) atoms. The van der Waals surface area contributed by atoms with Crippen molar-refractivity contribution in [3.05, 3.63) is 35.9 Å². The number of nitrogens with two attached hydrogens (primary N) is 3. The summed E-state index contributed by atoms with van der Waals surface area (Å²) in [6.07, 6.45) is 0.853. The van der Waals surface area contributed by atoms with Crippen LogP contribution in [0.3, 0.4) is 0 Å². The van der Waals surface area contributed by atoms with Gasteiger partial charge in [0, 0.05) is 26.0 Å². The summed E-state index contributed by atoms with van der Waals surface area (Å²) in [4.78, 5) is 27.0. The first-order chi connectivity index (χ1) is 9.50. The molecule has 0 saturated carbocycles. The van der Waals surface area contributed by atoms with Gasteiger partial charge in [-0.05, 0) is 25.0 Å². The molecule has 0 spiro atoms. The van der Waals surface area contributed by atoms with E-state index in [1.165, 1.54) is 0 Å². The van der Waals surface area contributed by atoms with Crippen molar-refractivity contribution in [3.63, 3.8) is 0 Å². The molecule has 0 saturated heterocycles. The van der Waals surface area contributed by atoms with Gasteiger partial charge in [-0.15, -0.1) is 0 Å². The van der Waals surface area contributed by atoms with E-state index in [2.05, 4.69) is 9.73 Å². The molecule has 0 aliphatic rings. The van der Waals surface area contributed by atoms with Crippen molar-refractivity contribution < 1.29 is 33.8 Å². The van der Waals surface area contributed by atoms with E-state index in [1.807, 2.05) is 0 Å². The minimum absolute atomic E-state index is 0. The maximum Gasteiger partial charge on any atom is 0.345 e. The van der Waals surface area contributed by atoms with E-state index in [0.29, 0.717) is 24.9 Å². The van der Waals surface area contributed by atoms with Crippen LogP contribution in [0.15, 0.2) is 35.3 Å². The first-order valence-electron chi connectivity index (χ1n) is 6.12. The number of carbonyl (C=O) groups is 2. The second kappa shape index (κ2) is 10.0. The van der Waals surface area contributed by atoms with E-state index in [-0.39, 0.29) is 25.4 Å². The topological polar surface area (TPSA) is 134 Å². The van der Waals surface area contributed by atoms with Crippen molar-refractivity contribution in [2.75, 3.05) is 6.54 Å². The number of aliphatic imine (C=N–C) groups is 1. The van der Waals surface area contributed by atoms with Crippen molar-refractivity contribution in [2.24, 2.45) is 22.2 Å². The van der Waals surface area contributed by atoms with Gasteiger partial charge in [-0.25, -0.2) is 9.59 Å². The Balaban J connectivity index is 0.00000400. The summed E-state index contributed by atoms with van der Waals surface area (Å²) in [5.41, 5.74) is 16.2. The Morgan fingerprint density at radius 2 is 1.81 bits per heavy atom. The zero-order valence-electron chi connectivity index (χ0n) is 11.7. The third kappa shape index (κ3) is 7.53. The Morgan fingerprint density at radius 3 is 2.38 bits per heavy atom. The Kier molecular flexibility index (Phi) is 9.16. The fourth-order valence-corrected chi connectivity index (χ4v) is 1.44. The van der Waals surface area contributed by atoms with Crippen LogP contribution in [0.4, 0.5) is 0 Å². The van der Waals surface area contributed by atoms with Crippen molar-refractivity contribution in [2.45, 2.75) is 18.9 Å². The summed E-state index contributed by atoms with van der Waals surface area (Å²) in [7, 11) is 0. The third-order valence-corrected chi connectivity index (χ3v) is 2.47. The van der Waals surface area contributed by atoms with Gasteiger partial charge in [0.2, 0.25) is 0 Å². The number of rotatable bonds is 6. The fraction of sp³-hybridized carbons (Fsp3) is 0.308. The van der Waals surface area contributed by atoms with Gasteiger partial charge in [-0.2, -0.15) is 0 Å². The molecule has 0 radical (unpaired) electrons. The summed E-state index contributed by atoms with van der Waals surface area (Å²) < 4.78 is 4.69. The zero-order valence-corrected chi connectivity index (χ0v) is 14.7. The molecule has 7 nitrogen and oxygen atoms in total. The molecule has 1 aromatic carbocycles. The number of nitrogens with zero attached hydrogens (tertiary/aromatic N) is 1. The molecule has 1 atom stereocenters. The Labute approximate surface area is 135 Å². The largest absolute Gasteiger partial charge is 0.388 e. The summed E-state index contributed by atoms with van der Waals surface area (Å²) in [5, 5.41) is 0. The van der Waals surface area contributed by atoms with Gasteiger partial charge in [-0.1, -0.05) is 18.2 Å². The van der Waals surface area contributed by atoms with Gasteiger partial charge in [0.1, 0.15) is 6.04 Å². The maximum atomic E-state index is 11.6. The van der Waals surface area contributed by atoms with Crippen LogP contribution in [0.25, 0.3) is 0 Å². The Bertz CT molecular complexity index is 489. The Morgan fingerprint density at radius 1 is 1.19 bits per heavy atom. The van der Waals surface area contributed by atoms with Crippen LogP contribution in [0.5, 0.6) is 0 Å². The average molecular weight is 344 g/mol. The molecule has 0 fully saturated rings. The molecule has 0 aromatic heterocycles. The summed E-state index contributed by atoms with van der Waals surface area (Å²) in [6, 6.07) is 7.34. The van der Waals surface area contributed by atoms with Gasteiger partial charge in [0.15, 0.2) is 5.96 Å². The number of hydrogen-bond acceptors (Lipinski definition) is 5. The van der Waals surface area contributed by atoms with Crippen LogP contribution in [0, 0.1) is 0 Å². The van der Waals surface area contributed by atoms with E-state index >= 15 is 0 Å². The number of ether oxygens (including phenoxy) is 1. The molecule has 0 bridgehead atoms. The number of esters is 2. The molecule has 0 aliphatic carbocycles. The molecule has 1 aromatic rings. The van der Waals surface area contributed by atoms with Crippen LogP contribution in [0.1, 0.15) is 23.2 Å². The smallest absolute Gasteiger partial charge is 0.345 e. The van der Waals surface area contributed by atoms with Crippen LogP contribution in [0.2, 0.25) is 0 Å². The van der Waals surface area contributed by atoms with Gasteiger partial charge >= 0.3 is 11.9 Å². The summed E-state index contributed by atoms with van der Waals surface area (Å²) in [6.45, 7) is 0.371. The number of carbonyl (C=O) groups excluding carboxylic acids is 2. The number of hydrogen-bond donors (Lipinski definition) is 3. The first-order valence-corrected chi connectivity index (χ1v) is 6.12. The van der Waals surface area contributed by atoms with E-state index in [0.717, 1.165) is 0 Å². The van der Waals surface area contributed by atoms with Crippen LogP contribution >= 0.6 is 0 Å². The molecule has 0 aliphatic heterocycles. The molecule has 8 heteroatoms. The number of guanidine groups is 1. The predicted molar refractivity (Wildman–Crippen MR) is 74.8 cm³/mol. The number of benzene rings is 1. The van der Waals surface area contributed by atoms with Crippen LogP contribution in [-0.2, 0) is 29.0 Å². The maximum absolute atomic E-state index is 11.6. The first kappa shape index (κ1) is 19.2.